The highest BCUT2D eigenvalue weighted by molar-refractivity contribution is 5.93. The van der Waals surface area contributed by atoms with Crippen molar-refractivity contribution in [1.82, 2.24) is 36.1 Å². The number of imidazole rings is 1. The number of nitrogens with zero attached hydrogens (tertiary/aromatic N) is 2. The molecule has 0 aliphatic carbocycles. The van der Waals surface area contributed by atoms with E-state index in [9.17, 15) is 24.3 Å². The minimum Gasteiger partial charge on any atom is -0.445 e. The lowest BCUT2D eigenvalue weighted by Gasteiger charge is -2.33. The van der Waals surface area contributed by atoms with Gasteiger partial charge in [-0.05, 0) is 52.6 Å². The molecule has 1 saturated heterocycles. The Morgan fingerprint density at radius 1 is 0.800 bits per heavy atom. The maximum Gasteiger partial charge on any atom is 0.408 e. The van der Waals surface area contributed by atoms with Crippen LogP contribution in [-0.4, -0.2) is 87.2 Å². The van der Waals surface area contributed by atoms with Crippen LogP contribution in [0.3, 0.4) is 0 Å². The SMILES string of the molecule is CC(C)C[C@H](NC(=O)[C@H](Cc1c[nH]cn1)NC(=O)[C@H](Cc1cccc2ccccc12)NC(=O)OCc1ccccc1)[C@@H](O)CC(=O)NC1CCN(Cc2ccccc2)CC1. The Morgan fingerprint density at radius 2 is 1.45 bits per heavy atom. The number of aromatic nitrogens is 2. The smallest absolute Gasteiger partial charge is 0.408 e. The highest BCUT2D eigenvalue weighted by Gasteiger charge is 2.32. The van der Waals surface area contributed by atoms with Crippen molar-refractivity contribution in [2.24, 2.45) is 5.92 Å². The molecule has 0 bridgehead atoms. The summed E-state index contributed by atoms with van der Waals surface area (Å²) in [6.45, 7) is 6.51. The number of hydrogen-bond donors (Lipinski definition) is 6. The van der Waals surface area contributed by atoms with Crippen molar-refractivity contribution >= 4 is 34.6 Å². The molecule has 5 aromatic rings. The molecule has 0 unspecified atom stereocenters. The number of alkyl carbamates (subject to hydrolysis) is 1. The van der Waals surface area contributed by atoms with Crippen molar-refractivity contribution in [3.8, 4) is 0 Å². The van der Waals surface area contributed by atoms with Crippen LogP contribution in [0, 0.1) is 5.92 Å². The summed E-state index contributed by atoms with van der Waals surface area (Å²) in [6, 6.07) is 30.0. The van der Waals surface area contributed by atoms with Gasteiger partial charge in [-0.1, -0.05) is 117 Å². The summed E-state index contributed by atoms with van der Waals surface area (Å²) in [5.41, 5.74) is 3.38. The summed E-state index contributed by atoms with van der Waals surface area (Å²) in [5, 5.41) is 25.0. The van der Waals surface area contributed by atoms with Crippen LogP contribution in [0.2, 0.25) is 0 Å². The maximum absolute atomic E-state index is 14.3. The largest absolute Gasteiger partial charge is 0.445 e. The van der Waals surface area contributed by atoms with E-state index in [1.807, 2.05) is 105 Å². The molecule has 1 aliphatic rings. The Balaban J connectivity index is 1.12. The first-order valence-electron chi connectivity index (χ1n) is 20.9. The number of fused-ring (bicyclic) bond motifs is 1. The van der Waals surface area contributed by atoms with Gasteiger partial charge in [0.1, 0.15) is 18.7 Å². The predicted molar refractivity (Wildman–Crippen MR) is 230 cm³/mol. The molecule has 13 nitrogen and oxygen atoms in total. The number of benzene rings is 4. The van der Waals surface area contributed by atoms with Crippen LogP contribution in [0.15, 0.2) is 116 Å². The van der Waals surface area contributed by atoms with Gasteiger partial charge in [-0.3, -0.25) is 19.3 Å². The summed E-state index contributed by atoms with van der Waals surface area (Å²) < 4.78 is 5.51. The molecule has 13 heteroatoms. The number of H-pyrrole nitrogens is 1. The van der Waals surface area contributed by atoms with E-state index in [-0.39, 0.29) is 43.7 Å². The first kappa shape index (κ1) is 43.5. The van der Waals surface area contributed by atoms with E-state index >= 15 is 0 Å². The molecular formula is C47H57N7O6. The number of carbonyl (C=O) groups excluding carboxylic acids is 4. The topological polar surface area (TPSA) is 178 Å². The lowest BCUT2D eigenvalue weighted by Crippen LogP contribution is -2.57. The van der Waals surface area contributed by atoms with Crippen molar-refractivity contribution in [2.45, 2.75) is 95.8 Å². The van der Waals surface area contributed by atoms with Gasteiger partial charge in [0.05, 0.1) is 30.6 Å². The molecule has 2 heterocycles. The zero-order chi connectivity index (χ0) is 42.3. The minimum atomic E-state index is -1.18. The normalized spacial score (nSPS) is 15.4. The van der Waals surface area contributed by atoms with E-state index < -0.39 is 42.1 Å². The van der Waals surface area contributed by atoms with Gasteiger partial charge in [0.2, 0.25) is 17.7 Å². The second-order valence-corrected chi connectivity index (χ2v) is 16.0. The van der Waals surface area contributed by atoms with Gasteiger partial charge >= 0.3 is 6.09 Å². The first-order chi connectivity index (χ1) is 29.1. The summed E-state index contributed by atoms with van der Waals surface area (Å²) in [4.78, 5) is 64.5. The lowest BCUT2D eigenvalue weighted by atomic mass is 9.95. The number of likely N-dealkylation sites (tertiary alicyclic amines) is 1. The van der Waals surface area contributed by atoms with Crippen molar-refractivity contribution in [3.63, 3.8) is 0 Å². The molecule has 4 amide bonds. The maximum atomic E-state index is 14.3. The molecule has 6 N–H and O–H groups in total. The molecule has 60 heavy (non-hydrogen) atoms. The van der Waals surface area contributed by atoms with Gasteiger partial charge in [-0.2, -0.15) is 0 Å². The molecule has 0 radical (unpaired) electrons. The van der Waals surface area contributed by atoms with E-state index in [2.05, 4.69) is 48.3 Å². The van der Waals surface area contributed by atoms with Gasteiger partial charge in [-0.15, -0.1) is 0 Å². The number of rotatable bonds is 19. The van der Waals surface area contributed by atoms with Crippen molar-refractivity contribution in [1.29, 1.82) is 0 Å². The average molecular weight is 816 g/mol. The quantitative estimate of drug-likeness (QED) is 0.0660. The zero-order valence-electron chi connectivity index (χ0n) is 34.4. The van der Waals surface area contributed by atoms with Gasteiger partial charge < -0.3 is 36.1 Å². The number of aliphatic hydroxyl groups is 1. The van der Waals surface area contributed by atoms with Crippen LogP contribution in [-0.2, 0) is 45.1 Å². The summed E-state index contributed by atoms with van der Waals surface area (Å²) >= 11 is 0. The van der Waals surface area contributed by atoms with Crippen LogP contribution in [0.4, 0.5) is 4.79 Å². The first-order valence-corrected chi connectivity index (χ1v) is 20.9. The van der Waals surface area contributed by atoms with Crippen molar-refractivity contribution in [2.75, 3.05) is 13.1 Å². The Bertz CT molecular complexity index is 2120. The van der Waals surface area contributed by atoms with Crippen LogP contribution in [0.5, 0.6) is 0 Å². The van der Waals surface area contributed by atoms with Gasteiger partial charge in [0.15, 0.2) is 0 Å². The van der Waals surface area contributed by atoms with E-state index in [1.165, 1.54) is 11.9 Å². The van der Waals surface area contributed by atoms with Crippen LogP contribution >= 0.6 is 0 Å². The van der Waals surface area contributed by atoms with Crippen LogP contribution in [0.1, 0.15) is 61.9 Å². The molecule has 0 saturated carbocycles. The number of nitrogens with one attached hydrogen (secondary N) is 5. The second-order valence-electron chi connectivity index (χ2n) is 16.0. The highest BCUT2D eigenvalue weighted by Crippen LogP contribution is 2.21. The number of aliphatic hydroxyl groups excluding tert-OH is 1. The van der Waals surface area contributed by atoms with Gasteiger partial charge in [0, 0.05) is 44.7 Å². The molecular weight excluding hydrogens is 759 g/mol. The van der Waals surface area contributed by atoms with E-state index in [1.54, 1.807) is 6.20 Å². The lowest BCUT2D eigenvalue weighted by molar-refractivity contribution is -0.131. The predicted octanol–water partition coefficient (Wildman–Crippen LogP) is 5.19. The summed E-state index contributed by atoms with van der Waals surface area (Å²) in [6.07, 6.45) is 3.08. The van der Waals surface area contributed by atoms with E-state index in [0.717, 1.165) is 54.4 Å². The zero-order valence-corrected chi connectivity index (χ0v) is 34.4. The number of aromatic amines is 1. The number of carbonyl (C=O) groups is 4. The molecule has 316 valence electrons. The minimum absolute atomic E-state index is 0.00503. The number of hydrogen-bond acceptors (Lipinski definition) is 8. The Morgan fingerprint density at radius 3 is 2.15 bits per heavy atom. The van der Waals surface area contributed by atoms with Crippen LogP contribution in [0.25, 0.3) is 10.8 Å². The fraction of sp³-hybridized carbons (Fsp3) is 0.383. The van der Waals surface area contributed by atoms with E-state index in [4.69, 9.17) is 4.74 Å². The van der Waals surface area contributed by atoms with Gasteiger partial charge in [0.25, 0.3) is 0 Å². The fourth-order valence-corrected chi connectivity index (χ4v) is 7.70. The third kappa shape index (κ3) is 13.2. The summed E-state index contributed by atoms with van der Waals surface area (Å²) in [7, 11) is 0. The number of amides is 4. The average Bonchev–Trinajstić information content (AvgIpc) is 3.77. The number of ether oxygens (including phenoxy) is 1. The van der Waals surface area contributed by atoms with E-state index in [0.29, 0.717) is 12.1 Å². The van der Waals surface area contributed by atoms with Crippen LogP contribution < -0.4 is 21.3 Å². The van der Waals surface area contributed by atoms with Crippen molar-refractivity contribution in [3.05, 3.63) is 138 Å². The molecule has 6 rings (SSSR count). The van der Waals surface area contributed by atoms with Gasteiger partial charge in [-0.25, -0.2) is 9.78 Å². The molecule has 1 fully saturated rings. The van der Waals surface area contributed by atoms with Crippen molar-refractivity contribution < 1.29 is 29.0 Å². The Kier molecular flexibility index (Phi) is 15.8. The standard InChI is InChI=1S/C47H57N7O6/c1-32(2)24-40(43(55)27-44(56)50-37-20-22-54(23-21-37)29-33-12-5-3-6-13-33)51-46(58)42(26-38-28-48-31-49-38)52-45(57)41(53-47(59)60-30-34-14-7-4-8-15-34)25-36-18-11-17-35-16-9-10-19-39(35)36/h3-19,28,31-32,37,40-43,55H,20-27,29-30H2,1-2H3,(H,48,49)(H,50,56)(H,51,58)(H,52,57)(H,53,59)/t40-,41-,42-,43-/m0/s1. The fourth-order valence-electron chi connectivity index (χ4n) is 7.70. The third-order valence-corrected chi connectivity index (χ3v) is 10.8. The molecule has 0 spiro atoms. The summed E-state index contributed by atoms with van der Waals surface area (Å²) in [5.74, 6) is -1.38. The monoisotopic (exact) mass is 815 g/mol. The second kappa shape index (κ2) is 21.8. The Labute approximate surface area is 351 Å². The molecule has 1 aromatic heterocycles. The third-order valence-electron chi connectivity index (χ3n) is 10.8. The molecule has 4 atom stereocenters. The molecule has 4 aromatic carbocycles. The molecule has 1 aliphatic heterocycles. The Hall–Kier alpha value is -6.05. The number of piperidine rings is 1. The highest BCUT2D eigenvalue weighted by atomic mass is 16.5.